The van der Waals surface area contributed by atoms with Crippen molar-refractivity contribution in [1.82, 2.24) is 19.9 Å². The maximum atomic E-state index is 13.2. The molecule has 3 heterocycles. The van der Waals surface area contributed by atoms with Gasteiger partial charge in [0.15, 0.2) is 0 Å². The summed E-state index contributed by atoms with van der Waals surface area (Å²) < 4.78 is 16.8. The zero-order valence-electron chi connectivity index (χ0n) is 19.6. The zero-order chi connectivity index (χ0) is 24.1. The van der Waals surface area contributed by atoms with E-state index in [0.29, 0.717) is 24.4 Å². The molecule has 1 aliphatic rings. The number of nitrogens with zero attached hydrogens (tertiary/aromatic N) is 4. The van der Waals surface area contributed by atoms with Gasteiger partial charge >= 0.3 is 0 Å². The third kappa shape index (κ3) is 5.43. The minimum absolute atomic E-state index is 0.0314. The molecule has 0 spiro atoms. The quantitative estimate of drug-likeness (QED) is 0.530. The minimum atomic E-state index is -0.392. The van der Waals surface area contributed by atoms with Crippen molar-refractivity contribution >= 4 is 11.8 Å². The number of pyridine rings is 1. The van der Waals surface area contributed by atoms with Crippen molar-refractivity contribution in [1.29, 1.82) is 0 Å². The van der Waals surface area contributed by atoms with Gasteiger partial charge < -0.3 is 23.8 Å². The molecule has 0 radical (unpaired) electrons. The Balaban J connectivity index is 1.56. The van der Waals surface area contributed by atoms with Crippen LogP contribution in [0, 0.1) is 13.8 Å². The molecule has 3 aromatic rings. The van der Waals surface area contributed by atoms with Crippen LogP contribution in [0.25, 0.3) is 0 Å². The van der Waals surface area contributed by atoms with Gasteiger partial charge in [0.25, 0.3) is 5.91 Å². The molecular weight excluding hydrogens is 436 g/mol. The predicted molar refractivity (Wildman–Crippen MR) is 123 cm³/mol. The van der Waals surface area contributed by atoms with Gasteiger partial charge in [0.1, 0.15) is 18.1 Å². The third-order valence-corrected chi connectivity index (χ3v) is 5.89. The highest BCUT2D eigenvalue weighted by atomic mass is 16.5. The van der Waals surface area contributed by atoms with Gasteiger partial charge in [0.2, 0.25) is 5.91 Å². The summed E-state index contributed by atoms with van der Waals surface area (Å²) in [6.07, 6.45) is 2.73. The third-order valence-electron chi connectivity index (χ3n) is 5.89. The molecule has 0 aliphatic carbocycles. The second-order valence-corrected chi connectivity index (χ2v) is 8.28. The fourth-order valence-corrected chi connectivity index (χ4v) is 3.97. The van der Waals surface area contributed by atoms with E-state index in [2.05, 4.69) is 10.1 Å². The molecule has 1 atom stereocenters. The van der Waals surface area contributed by atoms with Crippen molar-refractivity contribution in [3.05, 3.63) is 76.9 Å². The average Bonchev–Trinajstić information content (AvgIpc) is 3.09. The molecular formula is C25H28N4O5. The smallest absolute Gasteiger partial charge is 0.254 e. The minimum Gasteiger partial charge on any atom is -0.497 e. The van der Waals surface area contributed by atoms with Crippen molar-refractivity contribution in [3.8, 4) is 5.75 Å². The molecule has 34 heavy (non-hydrogen) atoms. The molecule has 1 unspecified atom stereocenters. The number of benzene rings is 1. The summed E-state index contributed by atoms with van der Waals surface area (Å²) in [6.45, 7) is 4.97. The maximum Gasteiger partial charge on any atom is 0.254 e. The highest BCUT2D eigenvalue weighted by Gasteiger charge is 2.32. The van der Waals surface area contributed by atoms with Gasteiger partial charge in [-0.1, -0.05) is 17.3 Å². The van der Waals surface area contributed by atoms with E-state index in [9.17, 15) is 9.59 Å². The van der Waals surface area contributed by atoms with Crippen molar-refractivity contribution in [3.63, 3.8) is 0 Å². The number of hydrogen-bond acceptors (Lipinski definition) is 7. The van der Waals surface area contributed by atoms with E-state index >= 15 is 0 Å². The summed E-state index contributed by atoms with van der Waals surface area (Å²) in [6, 6.07) is 10.9. The van der Waals surface area contributed by atoms with Crippen LogP contribution in [-0.4, -0.2) is 64.6 Å². The zero-order valence-corrected chi connectivity index (χ0v) is 19.6. The van der Waals surface area contributed by atoms with Gasteiger partial charge in [-0.15, -0.1) is 0 Å². The number of rotatable bonds is 7. The normalized spacial score (nSPS) is 16.4. The first-order valence-electron chi connectivity index (χ1n) is 11.1. The SMILES string of the molecule is COc1cccc(CN2CC(OCc3c(C)noc3C)CN(C(=O)c3ccncc3)CC2=O)c1. The molecule has 1 aromatic carbocycles. The van der Waals surface area contributed by atoms with Crippen LogP contribution in [0.5, 0.6) is 5.75 Å². The van der Waals surface area contributed by atoms with Crippen LogP contribution in [0.15, 0.2) is 53.3 Å². The lowest BCUT2D eigenvalue weighted by Gasteiger charge is -2.25. The number of aromatic nitrogens is 2. The molecule has 1 aliphatic heterocycles. The lowest BCUT2D eigenvalue weighted by Crippen LogP contribution is -2.39. The maximum absolute atomic E-state index is 13.2. The first kappa shape index (κ1) is 23.4. The van der Waals surface area contributed by atoms with Crippen molar-refractivity contribution < 1.29 is 23.6 Å². The predicted octanol–water partition coefficient (Wildman–Crippen LogP) is 2.77. The first-order chi connectivity index (χ1) is 16.4. The first-order valence-corrected chi connectivity index (χ1v) is 11.1. The molecule has 2 aromatic heterocycles. The average molecular weight is 465 g/mol. The lowest BCUT2D eigenvalue weighted by atomic mass is 10.2. The Morgan fingerprint density at radius 1 is 1.18 bits per heavy atom. The van der Waals surface area contributed by atoms with E-state index in [1.54, 1.807) is 41.4 Å². The fourth-order valence-electron chi connectivity index (χ4n) is 3.97. The second-order valence-electron chi connectivity index (χ2n) is 8.28. The van der Waals surface area contributed by atoms with Gasteiger partial charge in [-0.3, -0.25) is 14.6 Å². The number of amides is 2. The summed E-state index contributed by atoms with van der Waals surface area (Å²) in [4.78, 5) is 33.6. The monoisotopic (exact) mass is 464 g/mol. The molecule has 1 fully saturated rings. The summed E-state index contributed by atoms with van der Waals surface area (Å²) in [5, 5.41) is 3.98. The summed E-state index contributed by atoms with van der Waals surface area (Å²) >= 11 is 0. The Morgan fingerprint density at radius 3 is 2.68 bits per heavy atom. The number of aryl methyl sites for hydroxylation is 2. The topological polar surface area (TPSA) is 98.0 Å². The van der Waals surface area contributed by atoms with Gasteiger partial charge in [0.05, 0.1) is 25.5 Å². The Hall–Kier alpha value is -3.72. The summed E-state index contributed by atoms with van der Waals surface area (Å²) in [5.41, 5.74) is 3.06. The highest BCUT2D eigenvalue weighted by molar-refractivity contribution is 5.96. The molecule has 0 N–H and O–H groups in total. The van der Waals surface area contributed by atoms with Crippen molar-refractivity contribution in [2.45, 2.75) is 33.1 Å². The van der Waals surface area contributed by atoms with Gasteiger partial charge in [-0.25, -0.2) is 0 Å². The number of methoxy groups -OCH3 is 1. The van der Waals surface area contributed by atoms with Gasteiger partial charge in [-0.05, 0) is 43.7 Å². The molecule has 2 amide bonds. The van der Waals surface area contributed by atoms with E-state index in [1.807, 2.05) is 38.1 Å². The second kappa shape index (κ2) is 10.5. The van der Waals surface area contributed by atoms with Crippen LogP contribution in [0.3, 0.4) is 0 Å². The Kier molecular flexibility index (Phi) is 7.22. The lowest BCUT2D eigenvalue weighted by molar-refractivity contribution is -0.132. The van der Waals surface area contributed by atoms with E-state index < -0.39 is 6.10 Å². The van der Waals surface area contributed by atoms with Crippen LogP contribution in [0.2, 0.25) is 0 Å². The van der Waals surface area contributed by atoms with Crippen LogP contribution in [0.4, 0.5) is 0 Å². The van der Waals surface area contributed by atoms with Gasteiger partial charge in [-0.2, -0.15) is 0 Å². The number of carbonyl (C=O) groups is 2. The van der Waals surface area contributed by atoms with E-state index in [-0.39, 0.29) is 31.5 Å². The van der Waals surface area contributed by atoms with Crippen molar-refractivity contribution in [2.75, 3.05) is 26.7 Å². The van der Waals surface area contributed by atoms with E-state index in [1.165, 1.54) is 0 Å². The molecule has 178 valence electrons. The Bertz CT molecular complexity index is 1130. The number of hydrogen-bond donors (Lipinski definition) is 0. The van der Waals surface area contributed by atoms with E-state index in [0.717, 1.165) is 22.6 Å². The standard InChI is InChI=1S/C25H28N4O5/c1-17-23(18(2)34-27-17)16-33-22-13-28(12-19-5-4-6-21(11-19)32-3)24(30)15-29(14-22)25(31)20-7-9-26-10-8-20/h4-11,22H,12-16H2,1-3H3. The van der Waals surface area contributed by atoms with Crippen LogP contribution in [-0.2, 0) is 22.7 Å². The summed E-state index contributed by atoms with van der Waals surface area (Å²) in [5.74, 6) is 1.04. The van der Waals surface area contributed by atoms with Crippen LogP contribution < -0.4 is 4.74 Å². The van der Waals surface area contributed by atoms with Crippen LogP contribution in [0.1, 0.15) is 32.9 Å². The molecule has 4 rings (SSSR count). The molecule has 0 saturated carbocycles. The van der Waals surface area contributed by atoms with Crippen LogP contribution >= 0.6 is 0 Å². The highest BCUT2D eigenvalue weighted by Crippen LogP contribution is 2.20. The molecule has 1 saturated heterocycles. The number of carbonyl (C=O) groups excluding carboxylic acids is 2. The largest absolute Gasteiger partial charge is 0.497 e. The fraction of sp³-hybridized carbons (Fsp3) is 0.360. The molecule has 9 nitrogen and oxygen atoms in total. The molecule has 0 bridgehead atoms. The van der Waals surface area contributed by atoms with Crippen molar-refractivity contribution in [2.24, 2.45) is 0 Å². The summed E-state index contributed by atoms with van der Waals surface area (Å²) in [7, 11) is 1.61. The van der Waals surface area contributed by atoms with Gasteiger partial charge in [0, 0.05) is 43.2 Å². The number of ether oxygens (including phenoxy) is 2. The Morgan fingerprint density at radius 2 is 1.97 bits per heavy atom. The van der Waals surface area contributed by atoms with E-state index in [4.69, 9.17) is 14.0 Å². The Labute approximate surface area is 198 Å². The molecule has 9 heteroatoms.